The number of ether oxygens (including phenoxy) is 2. The molecular formula is C18H19ClFN7O3. The highest BCUT2D eigenvalue weighted by molar-refractivity contribution is 6.34. The summed E-state index contributed by atoms with van der Waals surface area (Å²) in [5.74, 6) is 0.857. The number of anilines is 2. The number of nitrogens with one attached hydrogen (secondary N) is 3. The second kappa shape index (κ2) is 7.10. The fourth-order valence-corrected chi connectivity index (χ4v) is 3.55. The van der Waals surface area contributed by atoms with E-state index in [0.29, 0.717) is 27.9 Å². The molecule has 12 heteroatoms. The molecule has 2 aliphatic rings. The van der Waals surface area contributed by atoms with E-state index in [4.69, 9.17) is 21.1 Å². The van der Waals surface area contributed by atoms with E-state index in [1.54, 1.807) is 23.0 Å². The van der Waals surface area contributed by atoms with E-state index < -0.39 is 24.5 Å². The quantitative estimate of drug-likeness (QED) is 0.563. The third kappa shape index (κ3) is 3.54. The number of hydrogen-bond acceptors (Lipinski definition) is 7. The van der Waals surface area contributed by atoms with Gasteiger partial charge in [0.05, 0.1) is 23.5 Å². The van der Waals surface area contributed by atoms with Crippen LogP contribution < -0.4 is 10.6 Å². The number of aromatic amines is 1. The summed E-state index contributed by atoms with van der Waals surface area (Å²) >= 11 is 6.17. The molecule has 4 heterocycles. The summed E-state index contributed by atoms with van der Waals surface area (Å²) in [4.78, 5) is 16.2. The second-order valence-electron chi connectivity index (χ2n) is 7.72. The Morgan fingerprint density at radius 1 is 1.50 bits per heavy atom. The number of carbonyl (C=O) groups is 1. The van der Waals surface area contributed by atoms with Crippen molar-refractivity contribution in [3.05, 3.63) is 35.4 Å². The first-order chi connectivity index (χ1) is 14.4. The van der Waals surface area contributed by atoms with E-state index in [-0.39, 0.29) is 12.1 Å². The van der Waals surface area contributed by atoms with Crippen LogP contribution in [-0.2, 0) is 9.47 Å². The average Bonchev–Trinajstić information content (AvgIpc) is 3.03. The van der Waals surface area contributed by atoms with Gasteiger partial charge in [-0.25, -0.2) is 18.7 Å². The number of aromatic nitrogens is 5. The predicted octanol–water partition coefficient (Wildman–Crippen LogP) is 2.91. The number of carbonyl (C=O) groups excluding carboxylic acids is 1. The summed E-state index contributed by atoms with van der Waals surface area (Å²) in [7, 11) is 0. The molecule has 1 saturated heterocycles. The van der Waals surface area contributed by atoms with Crippen LogP contribution in [0.5, 0.6) is 0 Å². The Balaban J connectivity index is 1.26. The molecule has 0 unspecified atom stereocenters. The third-order valence-electron chi connectivity index (χ3n) is 5.28. The number of alkyl halides is 1. The monoisotopic (exact) mass is 435 g/mol. The molecule has 30 heavy (non-hydrogen) atoms. The van der Waals surface area contributed by atoms with Crippen molar-refractivity contribution in [1.82, 2.24) is 30.1 Å². The lowest BCUT2D eigenvalue weighted by Crippen LogP contribution is -2.39. The van der Waals surface area contributed by atoms with Crippen LogP contribution in [0, 0.1) is 0 Å². The third-order valence-corrected chi connectivity index (χ3v) is 5.56. The minimum absolute atomic E-state index is 0.0377. The minimum Gasteiger partial charge on any atom is -0.441 e. The molecule has 1 saturated carbocycles. The van der Waals surface area contributed by atoms with Gasteiger partial charge in [0.1, 0.15) is 11.6 Å². The number of H-pyrrole nitrogens is 1. The molecule has 0 bridgehead atoms. The van der Waals surface area contributed by atoms with Crippen LogP contribution >= 0.6 is 11.6 Å². The molecule has 1 amide bonds. The largest absolute Gasteiger partial charge is 0.441 e. The second-order valence-corrected chi connectivity index (χ2v) is 8.13. The molecule has 1 aliphatic heterocycles. The molecule has 3 aromatic heterocycles. The maximum Gasteiger partial charge on any atom is 0.408 e. The van der Waals surface area contributed by atoms with Crippen LogP contribution in [0.1, 0.15) is 31.6 Å². The molecule has 0 radical (unpaired) electrons. The molecule has 1 aliphatic carbocycles. The summed E-state index contributed by atoms with van der Waals surface area (Å²) in [5.41, 5.74) is 0.770. The fourth-order valence-electron chi connectivity index (χ4n) is 3.33. The zero-order valence-corrected chi connectivity index (χ0v) is 16.7. The van der Waals surface area contributed by atoms with Gasteiger partial charge in [0.25, 0.3) is 0 Å². The molecule has 3 N–H and O–H groups in total. The number of hydrogen-bond donors (Lipinski definition) is 3. The molecular weight excluding hydrogens is 417 g/mol. The van der Waals surface area contributed by atoms with Gasteiger partial charge in [-0.15, -0.1) is 0 Å². The Morgan fingerprint density at radius 2 is 2.33 bits per heavy atom. The maximum absolute atomic E-state index is 14.9. The van der Waals surface area contributed by atoms with Crippen LogP contribution in [-0.4, -0.2) is 55.3 Å². The summed E-state index contributed by atoms with van der Waals surface area (Å²) in [5, 5.41) is 17.2. The minimum atomic E-state index is -1.53. The van der Waals surface area contributed by atoms with Gasteiger partial charge >= 0.3 is 6.09 Å². The van der Waals surface area contributed by atoms with E-state index >= 15 is 0 Å². The van der Waals surface area contributed by atoms with Gasteiger partial charge in [-0.2, -0.15) is 10.2 Å². The number of nitrogens with zero attached hydrogens (tertiary/aromatic N) is 4. The van der Waals surface area contributed by atoms with Gasteiger partial charge in [-0.3, -0.25) is 5.10 Å². The van der Waals surface area contributed by atoms with Crippen LogP contribution in [0.4, 0.5) is 20.8 Å². The van der Waals surface area contributed by atoms with Crippen molar-refractivity contribution < 1.29 is 18.7 Å². The Labute approximate surface area is 175 Å². The average molecular weight is 436 g/mol. The lowest BCUT2D eigenvalue weighted by atomic mass is 10.1. The number of amides is 1. The van der Waals surface area contributed by atoms with E-state index in [9.17, 15) is 9.18 Å². The standard InChI is InChI=1S/C18H19ClFN7O3/c1-18(2-3-18)24-17(28)30-11-8-29-15(13(11)20)10-6-12(26-25-10)23-16-14-9(19)7-22-27(14)5-4-21-16/h4-7,11,13,15H,2-3,8H2,1H3,(H,24,28)(H2,21,23,25,26)/t11-,13+,15-/m1/s1. The summed E-state index contributed by atoms with van der Waals surface area (Å²) in [6, 6.07) is 1.61. The van der Waals surface area contributed by atoms with Crippen LogP contribution in [0.2, 0.25) is 5.02 Å². The zero-order valence-electron chi connectivity index (χ0n) is 15.9. The van der Waals surface area contributed by atoms with Crippen molar-refractivity contribution in [3.8, 4) is 0 Å². The molecule has 158 valence electrons. The van der Waals surface area contributed by atoms with Crippen LogP contribution in [0.15, 0.2) is 24.7 Å². The molecule has 3 aromatic rings. The summed E-state index contributed by atoms with van der Waals surface area (Å²) in [6.45, 7) is 1.88. The van der Waals surface area contributed by atoms with Gasteiger partial charge in [-0.05, 0) is 19.8 Å². The first kappa shape index (κ1) is 19.1. The smallest absolute Gasteiger partial charge is 0.408 e. The number of alkyl carbamates (subject to hydrolysis) is 1. The highest BCUT2D eigenvalue weighted by atomic mass is 35.5. The highest BCUT2D eigenvalue weighted by Crippen LogP contribution is 2.36. The van der Waals surface area contributed by atoms with Gasteiger partial charge in [-0.1, -0.05) is 11.6 Å². The zero-order chi connectivity index (χ0) is 20.9. The lowest BCUT2D eigenvalue weighted by molar-refractivity contribution is 0.0604. The molecule has 2 fully saturated rings. The van der Waals surface area contributed by atoms with E-state index in [2.05, 4.69) is 30.9 Å². The first-order valence-corrected chi connectivity index (χ1v) is 9.84. The van der Waals surface area contributed by atoms with Gasteiger partial charge in [0.15, 0.2) is 23.9 Å². The van der Waals surface area contributed by atoms with Crippen molar-refractivity contribution in [3.63, 3.8) is 0 Å². The number of fused-ring (bicyclic) bond motifs is 1. The van der Waals surface area contributed by atoms with Crippen molar-refractivity contribution in [1.29, 1.82) is 0 Å². The van der Waals surface area contributed by atoms with E-state index in [0.717, 1.165) is 12.8 Å². The number of rotatable bonds is 5. The topological polar surface area (TPSA) is 118 Å². The summed E-state index contributed by atoms with van der Waals surface area (Å²) < 4.78 is 27.2. The van der Waals surface area contributed by atoms with Gasteiger partial charge in [0.2, 0.25) is 0 Å². The van der Waals surface area contributed by atoms with E-state index in [1.165, 1.54) is 6.20 Å². The van der Waals surface area contributed by atoms with Crippen molar-refractivity contribution in [2.75, 3.05) is 11.9 Å². The fraction of sp³-hybridized carbons (Fsp3) is 0.444. The van der Waals surface area contributed by atoms with Crippen LogP contribution in [0.25, 0.3) is 5.52 Å². The number of halogens is 2. The van der Waals surface area contributed by atoms with E-state index in [1.807, 2.05) is 6.92 Å². The van der Waals surface area contributed by atoms with Crippen molar-refractivity contribution >= 4 is 34.8 Å². The molecule has 5 rings (SSSR count). The maximum atomic E-state index is 14.9. The molecule has 0 aromatic carbocycles. The van der Waals surface area contributed by atoms with Crippen molar-refractivity contribution in [2.24, 2.45) is 0 Å². The molecule has 3 atom stereocenters. The van der Waals surface area contributed by atoms with Crippen molar-refractivity contribution in [2.45, 2.75) is 43.7 Å². The summed E-state index contributed by atoms with van der Waals surface area (Å²) in [6.07, 6.45) is 2.46. The van der Waals surface area contributed by atoms with Gasteiger partial charge in [0, 0.05) is 24.0 Å². The first-order valence-electron chi connectivity index (χ1n) is 9.46. The molecule has 0 spiro atoms. The molecule has 10 nitrogen and oxygen atoms in total. The Kier molecular flexibility index (Phi) is 4.51. The highest BCUT2D eigenvalue weighted by Gasteiger charge is 2.44. The Morgan fingerprint density at radius 3 is 3.13 bits per heavy atom. The van der Waals surface area contributed by atoms with Gasteiger partial charge < -0.3 is 20.1 Å². The lowest BCUT2D eigenvalue weighted by Gasteiger charge is -2.17. The Hall–Kier alpha value is -2.92. The Bertz CT molecular complexity index is 1100. The predicted molar refractivity (Wildman–Crippen MR) is 105 cm³/mol. The SMILES string of the molecule is CC1(NC(=O)O[C@@H]2CO[C@H](c3cc(Nc4nccn5ncc(Cl)c45)n[nH]3)[C@H]2F)CC1. The van der Waals surface area contributed by atoms with Crippen LogP contribution in [0.3, 0.4) is 0 Å². The normalized spacial score (nSPS) is 24.7.